The van der Waals surface area contributed by atoms with Crippen molar-refractivity contribution in [2.24, 2.45) is 0 Å². The summed E-state index contributed by atoms with van der Waals surface area (Å²) in [6.45, 7) is 1.86. The SMILES string of the molecule is Cc1cc(Nc2ccc(I)cc2Cl)nc(Cl)n1. The van der Waals surface area contributed by atoms with Crippen LogP contribution in [0.15, 0.2) is 24.3 Å². The Morgan fingerprint density at radius 2 is 1.94 bits per heavy atom. The molecule has 6 heteroatoms. The number of aromatic nitrogens is 2. The summed E-state index contributed by atoms with van der Waals surface area (Å²) in [7, 11) is 0. The number of aryl methyl sites for hydroxylation is 1. The van der Waals surface area contributed by atoms with Gasteiger partial charge in [0.25, 0.3) is 0 Å². The third-order valence-corrected chi connectivity index (χ3v) is 3.17. The van der Waals surface area contributed by atoms with Crippen molar-refractivity contribution in [2.45, 2.75) is 6.92 Å². The molecule has 2 aromatic rings. The average Bonchev–Trinajstić information content (AvgIpc) is 2.21. The molecule has 0 bridgehead atoms. The Morgan fingerprint density at radius 3 is 2.59 bits per heavy atom. The average molecular weight is 380 g/mol. The minimum Gasteiger partial charge on any atom is -0.339 e. The molecule has 0 aliphatic rings. The zero-order valence-electron chi connectivity index (χ0n) is 8.84. The second kappa shape index (κ2) is 5.37. The van der Waals surface area contributed by atoms with E-state index in [-0.39, 0.29) is 5.28 Å². The summed E-state index contributed by atoms with van der Waals surface area (Å²) in [6, 6.07) is 7.54. The maximum atomic E-state index is 6.12. The van der Waals surface area contributed by atoms with Crippen LogP contribution < -0.4 is 5.32 Å². The smallest absolute Gasteiger partial charge is 0.224 e. The Labute approximate surface area is 123 Å². The number of nitrogens with one attached hydrogen (secondary N) is 1. The molecule has 1 aromatic heterocycles. The van der Waals surface area contributed by atoms with Crippen LogP contribution in [0.2, 0.25) is 10.3 Å². The molecule has 1 aromatic carbocycles. The summed E-state index contributed by atoms with van der Waals surface area (Å²) in [5, 5.41) is 3.97. The van der Waals surface area contributed by atoms with E-state index in [4.69, 9.17) is 23.2 Å². The molecule has 1 heterocycles. The summed E-state index contributed by atoms with van der Waals surface area (Å²) in [5.74, 6) is 0.630. The first kappa shape index (κ1) is 12.9. The van der Waals surface area contributed by atoms with Gasteiger partial charge in [-0.15, -0.1) is 0 Å². The minimum atomic E-state index is 0.217. The van der Waals surface area contributed by atoms with Gasteiger partial charge in [-0.3, -0.25) is 0 Å². The molecule has 88 valence electrons. The molecular formula is C11H8Cl2IN3. The highest BCUT2D eigenvalue weighted by Gasteiger charge is 2.04. The highest BCUT2D eigenvalue weighted by atomic mass is 127. The van der Waals surface area contributed by atoms with Gasteiger partial charge >= 0.3 is 0 Å². The van der Waals surface area contributed by atoms with Gasteiger partial charge in [0.1, 0.15) is 5.82 Å². The van der Waals surface area contributed by atoms with Crippen LogP contribution in [0, 0.1) is 10.5 Å². The number of hydrogen-bond acceptors (Lipinski definition) is 3. The second-order valence-corrected chi connectivity index (χ2v) is 5.40. The van der Waals surface area contributed by atoms with Crippen LogP contribution in [0.4, 0.5) is 11.5 Å². The molecule has 0 saturated carbocycles. The molecule has 0 fully saturated rings. The molecule has 2 rings (SSSR count). The van der Waals surface area contributed by atoms with Crippen LogP contribution >= 0.6 is 45.8 Å². The number of rotatable bonds is 2. The monoisotopic (exact) mass is 379 g/mol. The maximum absolute atomic E-state index is 6.12. The van der Waals surface area contributed by atoms with Crippen LogP contribution in [0.1, 0.15) is 5.69 Å². The third-order valence-electron chi connectivity index (χ3n) is 2.02. The van der Waals surface area contributed by atoms with E-state index in [9.17, 15) is 0 Å². The lowest BCUT2D eigenvalue weighted by Crippen LogP contribution is -1.97. The highest BCUT2D eigenvalue weighted by molar-refractivity contribution is 14.1. The van der Waals surface area contributed by atoms with E-state index in [1.54, 1.807) is 6.07 Å². The molecule has 0 radical (unpaired) electrons. The zero-order valence-corrected chi connectivity index (χ0v) is 12.5. The Kier molecular flexibility index (Phi) is 4.06. The van der Waals surface area contributed by atoms with Gasteiger partial charge in [0.2, 0.25) is 5.28 Å². The van der Waals surface area contributed by atoms with Crippen molar-refractivity contribution in [3.63, 3.8) is 0 Å². The van der Waals surface area contributed by atoms with E-state index >= 15 is 0 Å². The largest absolute Gasteiger partial charge is 0.339 e. The molecule has 0 unspecified atom stereocenters. The van der Waals surface area contributed by atoms with Gasteiger partial charge in [-0.25, -0.2) is 9.97 Å². The molecule has 3 nitrogen and oxygen atoms in total. The minimum absolute atomic E-state index is 0.217. The van der Waals surface area contributed by atoms with Gasteiger partial charge in [0, 0.05) is 15.3 Å². The van der Waals surface area contributed by atoms with E-state index < -0.39 is 0 Å². The summed E-state index contributed by atoms with van der Waals surface area (Å²) >= 11 is 14.1. The summed E-state index contributed by atoms with van der Waals surface area (Å²) in [5.41, 5.74) is 1.59. The van der Waals surface area contributed by atoms with Crippen molar-refractivity contribution in [2.75, 3.05) is 5.32 Å². The number of nitrogens with zero attached hydrogens (tertiary/aromatic N) is 2. The van der Waals surface area contributed by atoms with E-state index in [1.807, 2.05) is 25.1 Å². The number of halogens is 3. The number of anilines is 2. The Balaban J connectivity index is 2.31. The van der Waals surface area contributed by atoms with Gasteiger partial charge in [-0.1, -0.05) is 11.6 Å². The van der Waals surface area contributed by atoms with Crippen LogP contribution in [0.3, 0.4) is 0 Å². The standard InChI is InChI=1S/C11H8Cl2IN3/c1-6-4-10(17-11(13)15-6)16-9-3-2-7(14)5-8(9)12/h2-5H,1H3,(H,15,16,17). The first-order valence-electron chi connectivity index (χ1n) is 4.78. The molecule has 0 spiro atoms. The van der Waals surface area contributed by atoms with Crippen molar-refractivity contribution in [1.82, 2.24) is 9.97 Å². The van der Waals surface area contributed by atoms with E-state index in [1.165, 1.54) is 0 Å². The van der Waals surface area contributed by atoms with Gasteiger partial charge in [0.15, 0.2) is 0 Å². The van der Waals surface area contributed by atoms with Crippen molar-refractivity contribution >= 4 is 57.3 Å². The normalized spacial score (nSPS) is 10.4. The van der Waals surface area contributed by atoms with Gasteiger partial charge in [-0.2, -0.15) is 0 Å². The Hall–Kier alpha value is -0.590. The molecule has 0 aliphatic heterocycles. The van der Waals surface area contributed by atoms with Gasteiger partial charge < -0.3 is 5.32 Å². The Bertz CT molecular complexity index is 540. The lowest BCUT2D eigenvalue weighted by Gasteiger charge is -2.08. The topological polar surface area (TPSA) is 37.8 Å². The van der Waals surface area contributed by atoms with Crippen molar-refractivity contribution in [3.8, 4) is 0 Å². The first-order valence-corrected chi connectivity index (χ1v) is 6.61. The molecular weight excluding hydrogens is 372 g/mol. The number of hydrogen-bond donors (Lipinski definition) is 1. The predicted octanol–water partition coefficient (Wildman–Crippen LogP) is 4.44. The molecule has 1 N–H and O–H groups in total. The fourth-order valence-corrected chi connectivity index (χ4v) is 2.45. The van der Waals surface area contributed by atoms with E-state index in [0.29, 0.717) is 10.8 Å². The molecule has 17 heavy (non-hydrogen) atoms. The first-order chi connectivity index (χ1) is 8.04. The van der Waals surface area contributed by atoms with Crippen LogP contribution in [-0.2, 0) is 0 Å². The fourth-order valence-electron chi connectivity index (χ4n) is 1.33. The quantitative estimate of drug-likeness (QED) is 0.619. The molecule has 0 aliphatic carbocycles. The van der Waals surface area contributed by atoms with Crippen molar-refractivity contribution in [1.29, 1.82) is 0 Å². The van der Waals surface area contributed by atoms with Crippen molar-refractivity contribution in [3.05, 3.63) is 43.8 Å². The van der Waals surface area contributed by atoms with Crippen LogP contribution in [0.25, 0.3) is 0 Å². The fraction of sp³-hybridized carbons (Fsp3) is 0.0909. The predicted molar refractivity (Wildman–Crippen MR) is 79.2 cm³/mol. The van der Waals surface area contributed by atoms with Crippen molar-refractivity contribution < 1.29 is 0 Å². The third kappa shape index (κ3) is 3.43. The second-order valence-electron chi connectivity index (χ2n) is 3.41. The van der Waals surface area contributed by atoms with Gasteiger partial charge in [0.05, 0.1) is 10.7 Å². The zero-order chi connectivity index (χ0) is 12.4. The molecule has 0 atom stereocenters. The lowest BCUT2D eigenvalue weighted by atomic mass is 10.3. The van der Waals surface area contributed by atoms with Crippen LogP contribution in [-0.4, -0.2) is 9.97 Å². The highest BCUT2D eigenvalue weighted by Crippen LogP contribution is 2.26. The van der Waals surface area contributed by atoms with Gasteiger partial charge in [-0.05, 0) is 59.3 Å². The summed E-state index contributed by atoms with van der Waals surface area (Å²) in [4.78, 5) is 8.07. The Morgan fingerprint density at radius 1 is 1.18 bits per heavy atom. The summed E-state index contributed by atoms with van der Waals surface area (Å²) in [6.07, 6.45) is 0. The maximum Gasteiger partial charge on any atom is 0.224 e. The van der Waals surface area contributed by atoms with E-state index in [0.717, 1.165) is 15.0 Å². The molecule has 0 amide bonds. The molecule has 0 saturated heterocycles. The number of benzene rings is 1. The van der Waals surface area contributed by atoms with Crippen LogP contribution in [0.5, 0.6) is 0 Å². The summed E-state index contributed by atoms with van der Waals surface area (Å²) < 4.78 is 1.08. The van der Waals surface area contributed by atoms with E-state index in [2.05, 4.69) is 37.9 Å². The lowest BCUT2D eigenvalue weighted by molar-refractivity contribution is 1.10.